The van der Waals surface area contributed by atoms with Crippen LogP contribution in [-0.4, -0.2) is 27.7 Å². The number of aromatic carboxylic acids is 1. The summed E-state index contributed by atoms with van der Waals surface area (Å²) < 4.78 is 7.04. The molecule has 0 amide bonds. The Bertz CT molecular complexity index is 793. The van der Waals surface area contributed by atoms with Crippen molar-refractivity contribution < 1.29 is 14.6 Å². The SMILES string of the molecule is COc1cccc(-n2ccc3c(C(=O)O)ccnc32)c1. The fraction of sp³-hybridized carbons (Fsp3) is 0.0667. The van der Waals surface area contributed by atoms with Crippen molar-refractivity contribution in [3.05, 3.63) is 54.4 Å². The molecule has 5 nitrogen and oxygen atoms in total. The lowest BCUT2D eigenvalue weighted by Crippen LogP contribution is -1.99. The van der Waals surface area contributed by atoms with Crippen molar-refractivity contribution in [2.24, 2.45) is 0 Å². The van der Waals surface area contributed by atoms with E-state index in [9.17, 15) is 9.90 Å². The van der Waals surface area contributed by atoms with Gasteiger partial charge in [-0.05, 0) is 24.3 Å². The minimum atomic E-state index is -0.958. The van der Waals surface area contributed by atoms with Gasteiger partial charge in [0, 0.05) is 23.8 Å². The number of methoxy groups -OCH3 is 1. The third-order valence-corrected chi connectivity index (χ3v) is 3.15. The average Bonchev–Trinajstić information content (AvgIpc) is 2.91. The van der Waals surface area contributed by atoms with Gasteiger partial charge in [0.1, 0.15) is 11.4 Å². The van der Waals surface area contributed by atoms with Gasteiger partial charge in [0.15, 0.2) is 0 Å². The Morgan fingerprint density at radius 3 is 2.90 bits per heavy atom. The number of aromatic nitrogens is 2. The van der Waals surface area contributed by atoms with Crippen LogP contribution in [0.25, 0.3) is 16.7 Å². The smallest absolute Gasteiger partial charge is 0.336 e. The summed E-state index contributed by atoms with van der Waals surface area (Å²) in [4.78, 5) is 15.5. The Morgan fingerprint density at radius 2 is 2.15 bits per heavy atom. The summed E-state index contributed by atoms with van der Waals surface area (Å²) >= 11 is 0. The van der Waals surface area contributed by atoms with Gasteiger partial charge < -0.3 is 14.4 Å². The number of carboxylic acid groups (broad SMARTS) is 1. The van der Waals surface area contributed by atoms with Crippen LogP contribution in [0.3, 0.4) is 0 Å². The largest absolute Gasteiger partial charge is 0.497 e. The Hall–Kier alpha value is -2.82. The van der Waals surface area contributed by atoms with Gasteiger partial charge in [-0.25, -0.2) is 9.78 Å². The highest BCUT2D eigenvalue weighted by atomic mass is 16.5. The summed E-state index contributed by atoms with van der Waals surface area (Å²) in [5.41, 5.74) is 1.73. The average molecular weight is 268 g/mol. The first-order valence-corrected chi connectivity index (χ1v) is 6.04. The fourth-order valence-corrected chi connectivity index (χ4v) is 2.19. The molecular formula is C15H12N2O3. The maximum atomic E-state index is 11.2. The summed E-state index contributed by atoms with van der Waals surface area (Å²) in [6.07, 6.45) is 3.31. The predicted molar refractivity (Wildman–Crippen MR) is 74.6 cm³/mol. The molecule has 0 aliphatic heterocycles. The summed E-state index contributed by atoms with van der Waals surface area (Å²) in [5, 5.41) is 9.80. The molecule has 20 heavy (non-hydrogen) atoms. The topological polar surface area (TPSA) is 64.3 Å². The van der Waals surface area contributed by atoms with E-state index < -0.39 is 5.97 Å². The highest BCUT2D eigenvalue weighted by Gasteiger charge is 2.12. The number of benzene rings is 1. The van der Waals surface area contributed by atoms with Crippen LogP contribution in [0.5, 0.6) is 5.75 Å². The van der Waals surface area contributed by atoms with Crippen molar-refractivity contribution in [1.29, 1.82) is 0 Å². The first-order valence-electron chi connectivity index (χ1n) is 6.04. The normalized spacial score (nSPS) is 10.7. The van der Waals surface area contributed by atoms with Gasteiger partial charge in [0.05, 0.1) is 18.4 Å². The quantitative estimate of drug-likeness (QED) is 0.793. The Kier molecular flexibility index (Phi) is 2.87. The number of hydrogen-bond acceptors (Lipinski definition) is 3. The number of nitrogens with zero attached hydrogens (tertiary/aromatic N) is 2. The molecule has 0 bridgehead atoms. The van der Waals surface area contributed by atoms with E-state index in [0.717, 1.165) is 11.4 Å². The van der Waals surface area contributed by atoms with Crippen molar-refractivity contribution in [1.82, 2.24) is 9.55 Å². The van der Waals surface area contributed by atoms with Crippen molar-refractivity contribution in [2.45, 2.75) is 0 Å². The molecule has 0 aliphatic carbocycles. The maximum Gasteiger partial charge on any atom is 0.336 e. The Balaban J connectivity index is 2.22. The van der Waals surface area contributed by atoms with Crippen LogP contribution in [0.1, 0.15) is 10.4 Å². The van der Waals surface area contributed by atoms with Crippen molar-refractivity contribution in [3.8, 4) is 11.4 Å². The standard InChI is InChI=1S/C15H12N2O3/c1-20-11-4-2-3-10(9-11)17-8-6-12-13(15(18)19)5-7-16-14(12)17/h2-9H,1H3,(H,18,19). The summed E-state index contributed by atoms with van der Waals surface area (Å²) in [5.74, 6) is -0.223. The van der Waals surface area contributed by atoms with Gasteiger partial charge >= 0.3 is 5.97 Å². The number of pyridine rings is 1. The third kappa shape index (κ3) is 1.89. The predicted octanol–water partition coefficient (Wildman–Crippen LogP) is 2.73. The summed E-state index contributed by atoms with van der Waals surface area (Å²) in [6.45, 7) is 0. The van der Waals surface area contributed by atoms with E-state index in [0.29, 0.717) is 11.0 Å². The fourth-order valence-electron chi connectivity index (χ4n) is 2.19. The van der Waals surface area contributed by atoms with Crippen LogP contribution in [0.2, 0.25) is 0 Å². The Labute approximate surface area is 115 Å². The molecule has 1 N–H and O–H groups in total. The van der Waals surface area contributed by atoms with Crippen LogP contribution in [-0.2, 0) is 0 Å². The van der Waals surface area contributed by atoms with Crippen molar-refractivity contribution in [2.75, 3.05) is 7.11 Å². The minimum absolute atomic E-state index is 0.247. The van der Waals surface area contributed by atoms with Gasteiger partial charge in [0.25, 0.3) is 0 Å². The first kappa shape index (κ1) is 12.2. The number of carbonyl (C=O) groups is 1. The zero-order valence-corrected chi connectivity index (χ0v) is 10.8. The molecule has 3 aromatic rings. The number of rotatable bonds is 3. The molecule has 0 unspecified atom stereocenters. The minimum Gasteiger partial charge on any atom is -0.497 e. The molecule has 2 aromatic heterocycles. The summed E-state index contributed by atoms with van der Waals surface area (Å²) in [7, 11) is 1.60. The van der Waals surface area contributed by atoms with Crippen LogP contribution < -0.4 is 4.74 Å². The lowest BCUT2D eigenvalue weighted by molar-refractivity contribution is 0.0699. The Morgan fingerprint density at radius 1 is 1.30 bits per heavy atom. The second-order valence-corrected chi connectivity index (χ2v) is 4.29. The third-order valence-electron chi connectivity index (χ3n) is 3.15. The number of hydrogen-bond donors (Lipinski definition) is 1. The number of fused-ring (bicyclic) bond motifs is 1. The molecular weight excluding hydrogens is 256 g/mol. The van der Waals surface area contributed by atoms with E-state index in [1.807, 2.05) is 28.8 Å². The van der Waals surface area contributed by atoms with Gasteiger partial charge in [-0.15, -0.1) is 0 Å². The van der Waals surface area contributed by atoms with Crippen LogP contribution in [0.15, 0.2) is 48.8 Å². The highest BCUT2D eigenvalue weighted by molar-refractivity contribution is 6.02. The molecule has 0 spiro atoms. The molecule has 3 rings (SSSR count). The second-order valence-electron chi connectivity index (χ2n) is 4.29. The molecule has 0 atom stereocenters. The van der Waals surface area contributed by atoms with E-state index in [2.05, 4.69) is 4.98 Å². The molecule has 1 aromatic carbocycles. The lowest BCUT2D eigenvalue weighted by atomic mass is 10.2. The summed E-state index contributed by atoms with van der Waals surface area (Å²) in [6, 6.07) is 10.8. The van der Waals surface area contributed by atoms with Crippen LogP contribution in [0.4, 0.5) is 0 Å². The highest BCUT2D eigenvalue weighted by Crippen LogP contribution is 2.23. The molecule has 100 valence electrons. The van der Waals surface area contributed by atoms with Gasteiger partial charge in [-0.1, -0.05) is 6.07 Å². The van der Waals surface area contributed by atoms with E-state index >= 15 is 0 Å². The van der Waals surface area contributed by atoms with Crippen LogP contribution in [0, 0.1) is 0 Å². The van der Waals surface area contributed by atoms with Gasteiger partial charge in [-0.2, -0.15) is 0 Å². The molecule has 0 fully saturated rings. The molecule has 0 radical (unpaired) electrons. The van der Waals surface area contributed by atoms with E-state index in [-0.39, 0.29) is 5.56 Å². The van der Waals surface area contributed by atoms with Gasteiger partial charge in [-0.3, -0.25) is 0 Å². The van der Waals surface area contributed by atoms with E-state index in [1.165, 1.54) is 12.3 Å². The van der Waals surface area contributed by atoms with Crippen LogP contribution >= 0.6 is 0 Å². The first-order chi connectivity index (χ1) is 9.70. The monoisotopic (exact) mass is 268 g/mol. The van der Waals surface area contributed by atoms with E-state index in [1.54, 1.807) is 19.4 Å². The zero-order valence-electron chi connectivity index (χ0n) is 10.8. The van der Waals surface area contributed by atoms with Crippen molar-refractivity contribution >= 4 is 17.0 Å². The molecule has 0 saturated heterocycles. The zero-order chi connectivity index (χ0) is 14.1. The van der Waals surface area contributed by atoms with Crippen molar-refractivity contribution in [3.63, 3.8) is 0 Å². The van der Waals surface area contributed by atoms with E-state index in [4.69, 9.17) is 4.74 Å². The lowest BCUT2D eigenvalue weighted by Gasteiger charge is -2.07. The number of ether oxygens (including phenoxy) is 1. The van der Waals surface area contributed by atoms with Gasteiger partial charge in [0.2, 0.25) is 0 Å². The molecule has 0 saturated carbocycles. The molecule has 2 heterocycles. The molecule has 0 aliphatic rings. The molecule has 5 heteroatoms. The number of carboxylic acids is 1. The second kappa shape index (κ2) is 4.70. The maximum absolute atomic E-state index is 11.2.